The summed E-state index contributed by atoms with van der Waals surface area (Å²) >= 11 is 0. The van der Waals surface area contributed by atoms with E-state index in [4.69, 9.17) is 9.84 Å². The highest BCUT2D eigenvalue weighted by Gasteiger charge is 2.28. The van der Waals surface area contributed by atoms with Crippen LogP contribution in [0.3, 0.4) is 0 Å². The highest BCUT2D eigenvalue weighted by molar-refractivity contribution is 6.08. The van der Waals surface area contributed by atoms with E-state index in [2.05, 4.69) is 22.3 Å². The Bertz CT molecular complexity index is 1260. The van der Waals surface area contributed by atoms with E-state index < -0.39 is 0 Å². The topological polar surface area (TPSA) is 107 Å². The van der Waals surface area contributed by atoms with Gasteiger partial charge in [-0.2, -0.15) is 14.7 Å². The van der Waals surface area contributed by atoms with Gasteiger partial charge in [0.1, 0.15) is 5.75 Å². The number of ether oxygens (including phenoxy) is 1. The second-order valence-corrected chi connectivity index (χ2v) is 8.12. The molecule has 9 heteroatoms. The fourth-order valence-corrected chi connectivity index (χ4v) is 4.30. The summed E-state index contributed by atoms with van der Waals surface area (Å²) in [6.07, 6.45) is 7.46. The monoisotopic (exact) mass is 420 g/mol. The number of nitrogens with zero attached hydrogens (tertiary/aromatic N) is 5. The normalized spacial score (nSPS) is 21.5. The van der Waals surface area contributed by atoms with Crippen molar-refractivity contribution in [2.75, 3.05) is 12.4 Å². The Balaban J connectivity index is 1.46. The zero-order valence-electron chi connectivity index (χ0n) is 17.4. The van der Waals surface area contributed by atoms with E-state index >= 15 is 0 Å². The Morgan fingerprint density at radius 2 is 2.19 bits per heavy atom. The molecule has 3 heterocycles. The molecule has 3 aromatic heterocycles. The van der Waals surface area contributed by atoms with Gasteiger partial charge in [0.05, 0.1) is 36.5 Å². The molecular formula is C22H24N6O3. The lowest BCUT2D eigenvalue weighted by Gasteiger charge is -2.31. The van der Waals surface area contributed by atoms with E-state index in [0.717, 1.165) is 30.2 Å². The highest BCUT2D eigenvalue weighted by Crippen LogP contribution is 2.34. The Morgan fingerprint density at radius 1 is 1.32 bits per heavy atom. The molecule has 1 aliphatic rings. The second kappa shape index (κ2) is 7.66. The first-order chi connectivity index (χ1) is 15.0. The second-order valence-electron chi connectivity index (χ2n) is 8.12. The average Bonchev–Trinajstić information content (AvgIpc) is 3.38. The van der Waals surface area contributed by atoms with Crippen molar-refractivity contribution in [3.8, 4) is 5.75 Å². The molecule has 1 aromatic carbocycles. The van der Waals surface area contributed by atoms with Gasteiger partial charge in [-0.25, -0.2) is 4.98 Å². The fourth-order valence-electron chi connectivity index (χ4n) is 4.30. The summed E-state index contributed by atoms with van der Waals surface area (Å²) in [5.41, 5.74) is 1.82. The number of hydrogen-bond acceptors (Lipinski definition) is 6. The van der Waals surface area contributed by atoms with Gasteiger partial charge >= 0.3 is 0 Å². The Hall–Kier alpha value is -3.46. The molecule has 31 heavy (non-hydrogen) atoms. The molecule has 1 fully saturated rings. The van der Waals surface area contributed by atoms with Crippen LogP contribution in [0, 0.1) is 5.92 Å². The standard InChI is InChI=1S/C22H24N6O3/c1-13-8-15(5-6-18(13)29)27-12-14-9-16(19(31-2)10-17(14)26-27)22(30)25-21-11-23-20-4-3-7-24-28(20)21/h3-4,7,9-13,15,18,29H,5-6,8H2,1-2H3,(H,25,30)/t13-,15+,18-/m0/s1. The minimum absolute atomic E-state index is 0.235. The number of anilines is 1. The van der Waals surface area contributed by atoms with Gasteiger partial charge < -0.3 is 15.2 Å². The summed E-state index contributed by atoms with van der Waals surface area (Å²) in [6.45, 7) is 2.07. The summed E-state index contributed by atoms with van der Waals surface area (Å²) in [5, 5.41) is 22.7. The molecule has 0 bridgehead atoms. The lowest BCUT2D eigenvalue weighted by atomic mass is 9.85. The molecule has 1 saturated carbocycles. The summed E-state index contributed by atoms with van der Waals surface area (Å²) < 4.78 is 9.02. The maximum absolute atomic E-state index is 13.1. The van der Waals surface area contributed by atoms with Crippen LogP contribution >= 0.6 is 0 Å². The smallest absolute Gasteiger partial charge is 0.260 e. The number of carbonyl (C=O) groups excluding carboxylic acids is 1. The number of fused-ring (bicyclic) bond motifs is 2. The number of aliphatic hydroxyl groups is 1. The zero-order valence-corrected chi connectivity index (χ0v) is 17.4. The van der Waals surface area contributed by atoms with Crippen LogP contribution in [0.15, 0.2) is 42.9 Å². The minimum atomic E-state index is -0.312. The molecule has 0 spiro atoms. The lowest BCUT2D eigenvalue weighted by molar-refractivity contribution is 0.0574. The quantitative estimate of drug-likeness (QED) is 0.526. The first kappa shape index (κ1) is 19.5. The minimum Gasteiger partial charge on any atom is -0.496 e. The number of rotatable bonds is 4. The van der Waals surface area contributed by atoms with Crippen LogP contribution in [0.25, 0.3) is 16.6 Å². The number of methoxy groups -OCH3 is 1. The number of hydrogen-bond donors (Lipinski definition) is 2. The molecule has 1 aliphatic carbocycles. The third-order valence-corrected chi connectivity index (χ3v) is 6.08. The van der Waals surface area contributed by atoms with E-state index in [1.807, 2.05) is 16.9 Å². The molecular weight excluding hydrogens is 396 g/mol. The third-order valence-electron chi connectivity index (χ3n) is 6.08. The number of aromatic nitrogens is 5. The van der Waals surface area contributed by atoms with Crippen molar-refractivity contribution in [2.24, 2.45) is 5.92 Å². The Morgan fingerprint density at radius 3 is 3.00 bits per heavy atom. The van der Waals surface area contributed by atoms with E-state index in [-0.39, 0.29) is 24.0 Å². The molecule has 1 amide bonds. The van der Waals surface area contributed by atoms with Crippen LogP contribution in [0.1, 0.15) is 42.6 Å². The van der Waals surface area contributed by atoms with Crippen LogP contribution in [0.2, 0.25) is 0 Å². The zero-order chi connectivity index (χ0) is 21.5. The van der Waals surface area contributed by atoms with Crippen molar-refractivity contribution in [1.29, 1.82) is 0 Å². The van der Waals surface area contributed by atoms with Crippen LogP contribution in [-0.4, -0.2) is 48.6 Å². The first-order valence-corrected chi connectivity index (χ1v) is 10.4. The first-order valence-electron chi connectivity index (χ1n) is 10.4. The molecule has 4 aromatic rings. The number of benzene rings is 1. The lowest BCUT2D eigenvalue weighted by Crippen LogP contribution is -2.28. The predicted octanol–water partition coefficient (Wildman–Crippen LogP) is 3.06. The van der Waals surface area contributed by atoms with Gasteiger partial charge in [-0.1, -0.05) is 6.92 Å². The molecule has 9 nitrogen and oxygen atoms in total. The van der Waals surface area contributed by atoms with Gasteiger partial charge in [0.25, 0.3) is 5.91 Å². The average molecular weight is 420 g/mol. The number of imidazole rings is 1. The molecule has 0 unspecified atom stereocenters. The summed E-state index contributed by atoms with van der Waals surface area (Å²) in [7, 11) is 1.54. The fraction of sp³-hybridized carbons (Fsp3) is 0.364. The maximum atomic E-state index is 13.1. The molecule has 0 saturated heterocycles. The van der Waals surface area contributed by atoms with Crippen LogP contribution in [-0.2, 0) is 0 Å². The van der Waals surface area contributed by atoms with Crippen LogP contribution in [0.5, 0.6) is 5.75 Å². The molecule has 0 aliphatic heterocycles. The van der Waals surface area contributed by atoms with E-state index in [1.54, 1.807) is 35.1 Å². The van der Waals surface area contributed by atoms with Crippen molar-refractivity contribution >= 4 is 28.3 Å². The van der Waals surface area contributed by atoms with Crippen LogP contribution < -0.4 is 10.1 Å². The molecule has 2 N–H and O–H groups in total. The van der Waals surface area contributed by atoms with Gasteiger partial charge in [0, 0.05) is 23.8 Å². The predicted molar refractivity (Wildman–Crippen MR) is 115 cm³/mol. The van der Waals surface area contributed by atoms with E-state index in [1.165, 1.54) is 7.11 Å². The summed E-state index contributed by atoms with van der Waals surface area (Å²) in [5.74, 6) is 0.854. The highest BCUT2D eigenvalue weighted by atomic mass is 16.5. The van der Waals surface area contributed by atoms with Crippen molar-refractivity contribution in [1.82, 2.24) is 24.4 Å². The van der Waals surface area contributed by atoms with E-state index in [0.29, 0.717) is 22.8 Å². The van der Waals surface area contributed by atoms with Crippen molar-refractivity contribution in [3.05, 3.63) is 48.4 Å². The van der Waals surface area contributed by atoms with Gasteiger partial charge in [-0.15, -0.1) is 0 Å². The van der Waals surface area contributed by atoms with Gasteiger partial charge in [-0.05, 0) is 43.4 Å². The third kappa shape index (κ3) is 3.50. The Kier molecular flexibility index (Phi) is 4.82. The molecule has 160 valence electrons. The van der Waals surface area contributed by atoms with Gasteiger partial charge in [-0.3, -0.25) is 9.48 Å². The number of aliphatic hydroxyl groups excluding tert-OH is 1. The van der Waals surface area contributed by atoms with Gasteiger partial charge in [0.15, 0.2) is 11.5 Å². The Labute approximate surface area is 178 Å². The maximum Gasteiger partial charge on any atom is 0.260 e. The van der Waals surface area contributed by atoms with Gasteiger partial charge in [0.2, 0.25) is 0 Å². The number of nitrogens with one attached hydrogen (secondary N) is 1. The molecule has 3 atom stereocenters. The van der Waals surface area contributed by atoms with Crippen molar-refractivity contribution in [3.63, 3.8) is 0 Å². The molecule has 5 rings (SSSR count). The summed E-state index contributed by atoms with van der Waals surface area (Å²) in [4.78, 5) is 17.3. The van der Waals surface area contributed by atoms with Crippen LogP contribution in [0.4, 0.5) is 5.82 Å². The SMILES string of the molecule is COc1cc2nn([C@@H]3CC[C@H](O)[C@@H](C)C3)cc2cc1C(=O)Nc1cnc2cccnn12. The van der Waals surface area contributed by atoms with Crippen molar-refractivity contribution < 1.29 is 14.6 Å². The molecule has 0 radical (unpaired) electrons. The number of amides is 1. The van der Waals surface area contributed by atoms with E-state index in [9.17, 15) is 9.90 Å². The van der Waals surface area contributed by atoms with Crippen molar-refractivity contribution in [2.45, 2.75) is 38.3 Å². The summed E-state index contributed by atoms with van der Waals surface area (Å²) in [6, 6.07) is 7.42. The largest absolute Gasteiger partial charge is 0.496 e. The number of carbonyl (C=O) groups is 1.